The van der Waals surface area contributed by atoms with E-state index in [0.29, 0.717) is 24.6 Å². The van der Waals surface area contributed by atoms with Gasteiger partial charge in [-0.1, -0.05) is 36.6 Å². The van der Waals surface area contributed by atoms with Gasteiger partial charge < -0.3 is 5.32 Å². The number of rotatable bonds is 5. The van der Waals surface area contributed by atoms with E-state index in [1.54, 1.807) is 18.3 Å². The zero-order valence-electron chi connectivity index (χ0n) is 18.3. The lowest BCUT2D eigenvalue weighted by Crippen LogP contribution is -2.32. The number of amides is 1. The summed E-state index contributed by atoms with van der Waals surface area (Å²) in [4.78, 5) is 21.4. The molecule has 172 valence electrons. The van der Waals surface area contributed by atoms with E-state index in [9.17, 15) is 13.2 Å². The maximum absolute atomic E-state index is 13.2. The van der Waals surface area contributed by atoms with E-state index in [1.165, 1.54) is 22.5 Å². The van der Waals surface area contributed by atoms with E-state index >= 15 is 0 Å². The lowest BCUT2D eigenvalue weighted by atomic mass is 10.1. The van der Waals surface area contributed by atoms with Gasteiger partial charge in [0.05, 0.1) is 10.7 Å². The van der Waals surface area contributed by atoms with Crippen LogP contribution in [0.5, 0.6) is 0 Å². The van der Waals surface area contributed by atoms with Crippen LogP contribution < -0.4 is 5.32 Å². The quantitative estimate of drug-likeness (QED) is 0.554. The third kappa shape index (κ3) is 5.40. The van der Waals surface area contributed by atoms with Gasteiger partial charge in [-0.3, -0.25) is 4.79 Å². The van der Waals surface area contributed by atoms with Gasteiger partial charge in [0.1, 0.15) is 10.7 Å². The highest BCUT2D eigenvalue weighted by atomic mass is 35.5. The first-order chi connectivity index (χ1) is 15.8. The van der Waals surface area contributed by atoms with Gasteiger partial charge in [0.25, 0.3) is 5.91 Å². The van der Waals surface area contributed by atoms with Crippen molar-refractivity contribution in [2.75, 3.05) is 18.4 Å². The van der Waals surface area contributed by atoms with Crippen LogP contribution in [-0.4, -0.2) is 41.7 Å². The molecule has 1 N–H and O–H groups in total. The lowest BCUT2D eigenvalue weighted by Gasteiger charge is -2.21. The Morgan fingerprint density at radius 3 is 2.52 bits per heavy atom. The summed E-state index contributed by atoms with van der Waals surface area (Å²) in [6.45, 7) is 2.74. The Bertz CT molecular complexity index is 1270. The second-order valence-electron chi connectivity index (χ2n) is 7.99. The van der Waals surface area contributed by atoms with E-state index in [2.05, 4.69) is 15.3 Å². The number of anilines is 1. The Hall–Kier alpha value is -2.81. The van der Waals surface area contributed by atoms with Gasteiger partial charge in [0.15, 0.2) is 0 Å². The molecule has 0 unspecified atom stereocenters. The van der Waals surface area contributed by atoms with Crippen LogP contribution in [-0.2, 0) is 10.0 Å². The minimum absolute atomic E-state index is 0.0380. The molecule has 2 heterocycles. The van der Waals surface area contributed by atoms with Gasteiger partial charge in [-0.05, 0) is 56.2 Å². The van der Waals surface area contributed by atoms with Crippen LogP contribution in [0.3, 0.4) is 0 Å². The maximum Gasteiger partial charge on any atom is 0.255 e. The van der Waals surface area contributed by atoms with E-state index in [1.807, 2.05) is 25.1 Å². The van der Waals surface area contributed by atoms with Crippen molar-refractivity contribution in [3.8, 4) is 11.3 Å². The molecule has 9 heteroatoms. The molecule has 1 aliphatic rings. The summed E-state index contributed by atoms with van der Waals surface area (Å²) in [6, 6.07) is 13.4. The number of hydrogen-bond acceptors (Lipinski definition) is 5. The number of nitrogens with zero attached hydrogens (tertiary/aromatic N) is 3. The molecule has 7 nitrogen and oxygen atoms in total. The van der Waals surface area contributed by atoms with Crippen molar-refractivity contribution in [3.05, 3.63) is 71.1 Å². The number of benzene rings is 2. The number of carbonyl (C=O) groups excluding carboxylic acids is 1. The molecular weight excluding hydrogens is 460 g/mol. The molecule has 0 aliphatic carbocycles. The molecule has 1 aliphatic heterocycles. The SMILES string of the molecule is Cc1nccc(-c2cccc(NC(=O)c3ccc(Cl)c(S(=O)(=O)N4CCCCCC4)c3)c2)n1. The highest BCUT2D eigenvalue weighted by molar-refractivity contribution is 7.89. The Labute approximate surface area is 198 Å². The number of aryl methyl sites for hydroxylation is 1. The van der Waals surface area contributed by atoms with E-state index in [0.717, 1.165) is 36.9 Å². The third-order valence-electron chi connectivity index (χ3n) is 5.57. The summed E-state index contributed by atoms with van der Waals surface area (Å²) in [7, 11) is -3.78. The number of hydrogen-bond donors (Lipinski definition) is 1. The van der Waals surface area contributed by atoms with Crippen LogP contribution in [0.1, 0.15) is 41.9 Å². The highest BCUT2D eigenvalue weighted by Crippen LogP contribution is 2.28. The normalized spacial score (nSPS) is 15.1. The first-order valence-corrected chi connectivity index (χ1v) is 12.7. The fourth-order valence-corrected chi connectivity index (χ4v) is 5.86. The molecule has 4 rings (SSSR count). The van der Waals surface area contributed by atoms with Gasteiger partial charge >= 0.3 is 0 Å². The Balaban J connectivity index is 1.58. The van der Waals surface area contributed by atoms with Crippen LogP contribution >= 0.6 is 11.6 Å². The second kappa shape index (κ2) is 9.99. The molecule has 33 heavy (non-hydrogen) atoms. The largest absolute Gasteiger partial charge is 0.322 e. The molecule has 1 saturated heterocycles. The molecule has 2 aromatic carbocycles. The molecule has 1 amide bonds. The number of carbonyl (C=O) groups is 1. The third-order valence-corrected chi connectivity index (χ3v) is 7.95. The number of sulfonamides is 1. The maximum atomic E-state index is 13.2. The van der Waals surface area contributed by atoms with Crippen LogP contribution in [0, 0.1) is 6.92 Å². The van der Waals surface area contributed by atoms with Crippen LogP contribution in [0.25, 0.3) is 11.3 Å². The van der Waals surface area contributed by atoms with Gasteiger partial charge in [-0.25, -0.2) is 18.4 Å². The topological polar surface area (TPSA) is 92.3 Å². The molecular formula is C24H25ClN4O3S. The summed E-state index contributed by atoms with van der Waals surface area (Å²) in [6.07, 6.45) is 5.34. The molecule has 0 bridgehead atoms. The lowest BCUT2D eigenvalue weighted by molar-refractivity contribution is 0.102. The van der Waals surface area contributed by atoms with Gasteiger partial charge in [0.2, 0.25) is 10.0 Å². The Morgan fingerprint density at radius 2 is 1.79 bits per heavy atom. The number of halogens is 1. The zero-order chi connectivity index (χ0) is 23.4. The highest BCUT2D eigenvalue weighted by Gasteiger charge is 2.28. The standard InChI is InChI=1S/C24H25ClN4O3S/c1-17-26-12-11-22(27-17)18-7-6-8-20(15-18)28-24(30)19-9-10-21(25)23(16-19)33(31,32)29-13-4-2-3-5-14-29/h6-12,15-16H,2-5,13-14H2,1H3,(H,28,30). The Kier molecular flexibility index (Phi) is 7.07. The minimum Gasteiger partial charge on any atom is -0.322 e. The summed E-state index contributed by atoms with van der Waals surface area (Å²) in [5.74, 6) is 0.233. The van der Waals surface area contributed by atoms with Crippen molar-refractivity contribution in [1.29, 1.82) is 0 Å². The van der Waals surface area contributed by atoms with E-state index in [4.69, 9.17) is 11.6 Å². The average molecular weight is 485 g/mol. The van der Waals surface area contributed by atoms with E-state index in [-0.39, 0.29) is 15.5 Å². The first kappa shape index (κ1) is 23.4. The van der Waals surface area contributed by atoms with Crippen molar-refractivity contribution >= 4 is 33.2 Å². The van der Waals surface area contributed by atoms with Gasteiger partial charge in [-0.2, -0.15) is 4.31 Å². The summed E-state index contributed by atoms with van der Waals surface area (Å²) >= 11 is 6.26. The summed E-state index contributed by atoms with van der Waals surface area (Å²) < 4.78 is 27.9. The van der Waals surface area contributed by atoms with E-state index < -0.39 is 15.9 Å². The molecule has 3 aromatic rings. The van der Waals surface area contributed by atoms with Gasteiger partial charge in [0, 0.05) is 36.1 Å². The molecule has 1 aromatic heterocycles. The predicted octanol–water partition coefficient (Wildman–Crippen LogP) is 4.92. The van der Waals surface area contributed by atoms with Crippen molar-refractivity contribution in [3.63, 3.8) is 0 Å². The smallest absolute Gasteiger partial charge is 0.255 e. The average Bonchev–Trinajstić information content (AvgIpc) is 3.10. The Morgan fingerprint density at radius 1 is 1.03 bits per heavy atom. The predicted molar refractivity (Wildman–Crippen MR) is 129 cm³/mol. The first-order valence-electron chi connectivity index (χ1n) is 10.9. The molecule has 0 radical (unpaired) electrons. The summed E-state index contributed by atoms with van der Waals surface area (Å²) in [5.41, 5.74) is 2.37. The van der Waals surface area contributed by atoms with Crippen molar-refractivity contribution in [1.82, 2.24) is 14.3 Å². The van der Waals surface area contributed by atoms with Crippen molar-refractivity contribution < 1.29 is 13.2 Å². The van der Waals surface area contributed by atoms with Crippen LogP contribution in [0.2, 0.25) is 5.02 Å². The number of aromatic nitrogens is 2. The summed E-state index contributed by atoms with van der Waals surface area (Å²) in [5, 5.41) is 2.95. The monoisotopic (exact) mass is 484 g/mol. The molecule has 0 atom stereocenters. The second-order valence-corrected chi connectivity index (χ2v) is 10.3. The van der Waals surface area contributed by atoms with Crippen LogP contribution in [0.15, 0.2) is 59.6 Å². The van der Waals surface area contributed by atoms with Crippen LogP contribution in [0.4, 0.5) is 5.69 Å². The molecule has 1 fully saturated rings. The van der Waals surface area contributed by atoms with Gasteiger partial charge in [-0.15, -0.1) is 0 Å². The van der Waals surface area contributed by atoms with Crippen molar-refractivity contribution in [2.45, 2.75) is 37.5 Å². The molecule has 0 spiro atoms. The zero-order valence-corrected chi connectivity index (χ0v) is 19.9. The number of nitrogens with one attached hydrogen (secondary N) is 1. The molecule has 0 saturated carbocycles. The fourth-order valence-electron chi connectivity index (χ4n) is 3.84. The van der Waals surface area contributed by atoms with Crippen molar-refractivity contribution in [2.24, 2.45) is 0 Å². The fraction of sp³-hybridized carbons (Fsp3) is 0.292. The minimum atomic E-state index is -3.78.